The molecule has 9 heteroatoms. The standard InChI is InChI=1S/C25H19F3N2O4/c1-24(14-16-6-2-3-11-20(16)22(32)34-24)23(33)30-18-9-4-7-15(12-18)21(31)29-19-10-5-8-17(13-19)25(26,27)28/h2-13H,14H2,1H3,(H,29,31)(H,30,33). The van der Waals surface area contributed by atoms with E-state index in [1.54, 1.807) is 30.3 Å². The summed E-state index contributed by atoms with van der Waals surface area (Å²) in [5.74, 6) is -1.83. The van der Waals surface area contributed by atoms with Gasteiger partial charge in [0, 0.05) is 23.4 Å². The smallest absolute Gasteiger partial charge is 0.416 e. The van der Waals surface area contributed by atoms with Gasteiger partial charge in [-0.2, -0.15) is 13.2 Å². The van der Waals surface area contributed by atoms with Crippen molar-refractivity contribution in [1.29, 1.82) is 0 Å². The summed E-state index contributed by atoms with van der Waals surface area (Å²) in [4.78, 5) is 37.9. The van der Waals surface area contributed by atoms with Crippen LogP contribution in [0.25, 0.3) is 0 Å². The number of benzene rings is 3. The topological polar surface area (TPSA) is 84.5 Å². The molecule has 1 aliphatic heterocycles. The summed E-state index contributed by atoms with van der Waals surface area (Å²) in [6.07, 6.45) is -4.36. The number of carbonyl (C=O) groups excluding carboxylic acids is 3. The van der Waals surface area contributed by atoms with Crippen molar-refractivity contribution in [1.82, 2.24) is 0 Å². The third kappa shape index (κ3) is 4.78. The van der Waals surface area contributed by atoms with Crippen LogP contribution in [0.4, 0.5) is 24.5 Å². The molecule has 0 fully saturated rings. The average Bonchev–Trinajstić information content (AvgIpc) is 2.79. The highest BCUT2D eigenvalue weighted by molar-refractivity contribution is 6.06. The van der Waals surface area contributed by atoms with Crippen LogP contribution in [0.3, 0.4) is 0 Å². The number of nitrogens with one attached hydrogen (secondary N) is 2. The predicted molar refractivity (Wildman–Crippen MR) is 118 cm³/mol. The van der Waals surface area contributed by atoms with Crippen molar-refractivity contribution in [2.24, 2.45) is 0 Å². The summed E-state index contributed by atoms with van der Waals surface area (Å²) in [5, 5.41) is 5.06. The third-order valence-corrected chi connectivity index (χ3v) is 5.39. The molecule has 0 aromatic heterocycles. The number of halogens is 3. The fourth-order valence-electron chi connectivity index (χ4n) is 3.64. The first-order chi connectivity index (χ1) is 16.0. The predicted octanol–water partition coefficient (Wildman–Crippen LogP) is 5.07. The number of carbonyl (C=O) groups is 3. The molecule has 34 heavy (non-hydrogen) atoms. The molecule has 1 unspecified atom stereocenters. The van der Waals surface area contributed by atoms with Crippen LogP contribution >= 0.6 is 0 Å². The van der Waals surface area contributed by atoms with Crippen LogP contribution in [0, 0.1) is 0 Å². The van der Waals surface area contributed by atoms with Gasteiger partial charge in [0.25, 0.3) is 11.8 Å². The Morgan fingerprint density at radius 3 is 2.32 bits per heavy atom. The maximum Gasteiger partial charge on any atom is 0.416 e. The molecule has 0 radical (unpaired) electrons. The number of hydrogen-bond donors (Lipinski definition) is 2. The molecular formula is C25H19F3N2O4. The van der Waals surface area contributed by atoms with Crippen molar-refractivity contribution < 1.29 is 32.3 Å². The van der Waals surface area contributed by atoms with Gasteiger partial charge < -0.3 is 15.4 Å². The quantitative estimate of drug-likeness (QED) is 0.524. The molecule has 3 aromatic carbocycles. The number of rotatable bonds is 4. The summed E-state index contributed by atoms with van der Waals surface area (Å²) in [6, 6.07) is 17.0. The lowest BCUT2D eigenvalue weighted by atomic mass is 9.89. The lowest BCUT2D eigenvalue weighted by Gasteiger charge is -2.33. The zero-order valence-electron chi connectivity index (χ0n) is 17.9. The molecule has 1 aliphatic rings. The number of alkyl halides is 3. The highest BCUT2D eigenvalue weighted by Crippen LogP contribution is 2.31. The number of esters is 1. The molecule has 0 saturated heterocycles. The van der Waals surface area contributed by atoms with Gasteiger partial charge in [-0.15, -0.1) is 0 Å². The van der Waals surface area contributed by atoms with E-state index in [0.29, 0.717) is 11.1 Å². The number of anilines is 2. The van der Waals surface area contributed by atoms with Crippen molar-refractivity contribution >= 4 is 29.2 Å². The second-order valence-corrected chi connectivity index (χ2v) is 8.02. The fraction of sp³-hybridized carbons (Fsp3) is 0.160. The van der Waals surface area contributed by atoms with Crippen LogP contribution in [-0.2, 0) is 22.1 Å². The Bertz CT molecular complexity index is 1290. The molecule has 2 amide bonds. The van der Waals surface area contributed by atoms with Gasteiger partial charge in [0.15, 0.2) is 5.60 Å². The summed E-state index contributed by atoms with van der Waals surface area (Å²) in [7, 11) is 0. The highest BCUT2D eigenvalue weighted by Gasteiger charge is 2.42. The second kappa shape index (κ2) is 8.66. The number of fused-ring (bicyclic) bond motifs is 1. The molecule has 6 nitrogen and oxygen atoms in total. The number of ether oxygens (including phenoxy) is 1. The van der Waals surface area contributed by atoms with Gasteiger partial charge in [0.1, 0.15) is 0 Å². The van der Waals surface area contributed by atoms with Crippen LogP contribution in [0.2, 0.25) is 0 Å². The van der Waals surface area contributed by atoms with Crippen molar-refractivity contribution in [2.45, 2.75) is 25.1 Å². The van der Waals surface area contributed by atoms with Gasteiger partial charge in [-0.1, -0.05) is 30.3 Å². The minimum atomic E-state index is -4.54. The fourth-order valence-corrected chi connectivity index (χ4v) is 3.64. The first-order valence-electron chi connectivity index (χ1n) is 10.3. The maximum absolute atomic E-state index is 13.0. The molecule has 1 atom stereocenters. The maximum atomic E-state index is 13.0. The van der Waals surface area contributed by atoms with Gasteiger partial charge >= 0.3 is 12.1 Å². The van der Waals surface area contributed by atoms with Gasteiger partial charge in [-0.3, -0.25) is 9.59 Å². The Hall–Kier alpha value is -4.14. The first-order valence-corrected chi connectivity index (χ1v) is 10.3. The molecule has 0 spiro atoms. The van der Waals surface area contributed by atoms with Crippen molar-refractivity contribution in [3.63, 3.8) is 0 Å². The van der Waals surface area contributed by atoms with E-state index in [4.69, 9.17) is 4.74 Å². The Morgan fingerprint density at radius 2 is 1.59 bits per heavy atom. The zero-order valence-corrected chi connectivity index (χ0v) is 17.9. The van der Waals surface area contributed by atoms with E-state index in [0.717, 1.165) is 12.1 Å². The average molecular weight is 468 g/mol. The van der Waals surface area contributed by atoms with Crippen molar-refractivity contribution in [3.8, 4) is 0 Å². The Balaban J connectivity index is 1.48. The largest absolute Gasteiger partial charge is 0.445 e. The molecule has 174 valence electrons. The molecule has 0 bridgehead atoms. The van der Waals surface area contributed by atoms with E-state index in [-0.39, 0.29) is 23.4 Å². The number of amides is 2. The summed E-state index contributed by atoms with van der Waals surface area (Å²) in [6.45, 7) is 1.50. The summed E-state index contributed by atoms with van der Waals surface area (Å²) >= 11 is 0. The van der Waals surface area contributed by atoms with E-state index in [9.17, 15) is 27.6 Å². The molecule has 1 heterocycles. The lowest BCUT2D eigenvalue weighted by molar-refractivity contribution is -0.137. The van der Waals surface area contributed by atoms with Gasteiger partial charge in [0.2, 0.25) is 0 Å². The zero-order chi connectivity index (χ0) is 24.5. The van der Waals surface area contributed by atoms with E-state index in [1.165, 1.54) is 37.3 Å². The minimum absolute atomic E-state index is 0.0189. The highest BCUT2D eigenvalue weighted by atomic mass is 19.4. The first kappa shape index (κ1) is 23.0. The second-order valence-electron chi connectivity index (χ2n) is 8.02. The van der Waals surface area contributed by atoms with Crippen molar-refractivity contribution in [2.75, 3.05) is 10.6 Å². The Labute approximate surface area is 192 Å². The Kier molecular flexibility index (Phi) is 5.87. The molecule has 0 aliphatic carbocycles. The van der Waals surface area contributed by atoms with Crippen LogP contribution in [0.5, 0.6) is 0 Å². The van der Waals surface area contributed by atoms with Gasteiger partial charge in [0.05, 0.1) is 11.1 Å². The van der Waals surface area contributed by atoms with E-state index in [2.05, 4.69) is 10.6 Å². The molecule has 4 rings (SSSR count). The Morgan fingerprint density at radius 1 is 0.912 bits per heavy atom. The number of cyclic esters (lactones) is 1. The third-order valence-electron chi connectivity index (χ3n) is 5.39. The van der Waals surface area contributed by atoms with Crippen LogP contribution in [-0.4, -0.2) is 23.4 Å². The van der Waals surface area contributed by atoms with Crippen LogP contribution in [0.15, 0.2) is 72.8 Å². The molecular weight excluding hydrogens is 449 g/mol. The van der Waals surface area contributed by atoms with Gasteiger partial charge in [-0.05, 0) is 55.0 Å². The molecule has 3 aromatic rings. The summed E-state index contributed by atoms with van der Waals surface area (Å²) < 4.78 is 44.1. The monoisotopic (exact) mass is 468 g/mol. The van der Waals surface area contributed by atoms with Crippen molar-refractivity contribution in [3.05, 3.63) is 95.1 Å². The minimum Gasteiger partial charge on any atom is -0.445 e. The summed E-state index contributed by atoms with van der Waals surface area (Å²) in [5.41, 5.74) is -0.893. The normalized spacial score (nSPS) is 17.4. The number of hydrogen-bond acceptors (Lipinski definition) is 4. The SMILES string of the molecule is CC1(C(=O)Nc2cccc(C(=O)Nc3cccc(C(F)(F)F)c3)c2)Cc2ccccc2C(=O)O1. The molecule has 2 N–H and O–H groups in total. The lowest BCUT2D eigenvalue weighted by Crippen LogP contribution is -2.48. The van der Waals surface area contributed by atoms with E-state index >= 15 is 0 Å². The van der Waals surface area contributed by atoms with Crippen LogP contribution < -0.4 is 10.6 Å². The van der Waals surface area contributed by atoms with Gasteiger partial charge in [-0.25, -0.2) is 4.79 Å². The molecule has 0 saturated carbocycles. The van der Waals surface area contributed by atoms with E-state index in [1.807, 2.05) is 0 Å². The van der Waals surface area contributed by atoms with E-state index < -0.39 is 35.1 Å². The van der Waals surface area contributed by atoms with Crippen LogP contribution in [0.1, 0.15) is 38.8 Å².